The number of benzene rings is 3. The third-order valence-electron chi connectivity index (χ3n) is 4.07. The van der Waals surface area contributed by atoms with Crippen LogP contribution in [0.15, 0.2) is 82.6 Å². The highest BCUT2D eigenvalue weighted by Gasteiger charge is 2.15. The van der Waals surface area contributed by atoms with Gasteiger partial charge in [0, 0.05) is 21.5 Å². The Morgan fingerprint density at radius 1 is 0.964 bits per heavy atom. The summed E-state index contributed by atoms with van der Waals surface area (Å²) in [6.45, 7) is 1.67. The van der Waals surface area contributed by atoms with E-state index in [0.29, 0.717) is 11.3 Å². The molecule has 6 nitrogen and oxygen atoms in total. The third-order valence-corrected chi connectivity index (χ3v) is 5.16. The van der Waals surface area contributed by atoms with E-state index in [1.807, 2.05) is 54.6 Å². The molecule has 0 saturated heterocycles. The average Bonchev–Trinajstić information content (AvgIpc) is 2.69. The smallest absolute Gasteiger partial charge is 0.274 e. The van der Waals surface area contributed by atoms with Crippen LogP contribution in [0.2, 0.25) is 0 Å². The Balaban J connectivity index is 1.66. The van der Waals surface area contributed by atoms with Gasteiger partial charge < -0.3 is 10.6 Å². The Labute approximate surface area is 167 Å². The minimum atomic E-state index is -0.458. The number of rotatable bonds is 7. The van der Waals surface area contributed by atoms with Gasteiger partial charge in [-0.1, -0.05) is 48.2 Å². The SMILES string of the molecule is Cc1c(NC(=O)CNc2ccccc2Sc2ccccc2)cccc1[N+](=O)[O-]. The Morgan fingerprint density at radius 3 is 2.39 bits per heavy atom. The van der Waals surface area contributed by atoms with Gasteiger partial charge in [0.05, 0.1) is 22.7 Å². The van der Waals surface area contributed by atoms with Gasteiger partial charge in [-0.2, -0.15) is 0 Å². The predicted octanol–water partition coefficient (Wildman–Crippen LogP) is 5.11. The maximum absolute atomic E-state index is 12.3. The number of nitro benzene ring substituents is 1. The molecular weight excluding hydrogens is 374 g/mol. The molecule has 0 aliphatic heterocycles. The van der Waals surface area contributed by atoms with Gasteiger partial charge in [0.1, 0.15) is 0 Å². The fraction of sp³-hybridized carbons (Fsp3) is 0.0952. The summed E-state index contributed by atoms with van der Waals surface area (Å²) in [4.78, 5) is 25.0. The van der Waals surface area contributed by atoms with Crippen LogP contribution in [0.3, 0.4) is 0 Å². The first-order chi connectivity index (χ1) is 13.5. The van der Waals surface area contributed by atoms with Crippen molar-refractivity contribution in [2.75, 3.05) is 17.2 Å². The molecule has 0 fully saturated rings. The molecule has 0 aliphatic carbocycles. The standard InChI is InChI=1S/C21H19N3O3S/c1-15-17(11-7-12-19(15)24(26)27)23-21(25)14-22-18-10-5-6-13-20(18)28-16-8-3-2-4-9-16/h2-13,22H,14H2,1H3,(H,23,25). The first-order valence-corrected chi connectivity index (χ1v) is 9.46. The van der Waals surface area contributed by atoms with Crippen LogP contribution in [0, 0.1) is 17.0 Å². The molecule has 7 heteroatoms. The molecule has 0 atom stereocenters. The van der Waals surface area contributed by atoms with Crippen LogP contribution >= 0.6 is 11.8 Å². The summed E-state index contributed by atoms with van der Waals surface area (Å²) in [6, 6.07) is 22.4. The van der Waals surface area contributed by atoms with Gasteiger partial charge in [-0.05, 0) is 37.3 Å². The number of carbonyl (C=O) groups is 1. The van der Waals surface area contributed by atoms with Crippen LogP contribution < -0.4 is 10.6 Å². The van der Waals surface area contributed by atoms with Crippen molar-refractivity contribution in [1.29, 1.82) is 0 Å². The number of anilines is 2. The van der Waals surface area contributed by atoms with Crippen LogP contribution in [0.4, 0.5) is 17.1 Å². The van der Waals surface area contributed by atoms with Crippen LogP contribution in [-0.4, -0.2) is 17.4 Å². The van der Waals surface area contributed by atoms with Crippen LogP contribution in [0.1, 0.15) is 5.56 Å². The van der Waals surface area contributed by atoms with Gasteiger partial charge >= 0.3 is 0 Å². The van der Waals surface area contributed by atoms with Gasteiger partial charge in [-0.3, -0.25) is 14.9 Å². The van der Waals surface area contributed by atoms with E-state index in [1.165, 1.54) is 6.07 Å². The monoisotopic (exact) mass is 393 g/mol. The van der Waals surface area contributed by atoms with Crippen molar-refractivity contribution < 1.29 is 9.72 Å². The second kappa shape index (κ2) is 9.05. The summed E-state index contributed by atoms with van der Waals surface area (Å²) >= 11 is 1.61. The van der Waals surface area contributed by atoms with E-state index in [1.54, 1.807) is 30.8 Å². The number of nitrogens with zero attached hydrogens (tertiary/aromatic N) is 1. The summed E-state index contributed by atoms with van der Waals surface area (Å²) in [6.07, 6.45) is 0. The molecule has 2 N–H and O–H groups in total. The van der Waals surface area contributed by atoms with Crippen LogP contribution in [0.25, 0.3) is 0 Å². The molecule has 0 unspecified atom stereocenters. The summed E-state index contributed by atoms with van der Waals surface area (Å²) in [5.41, 5.74) is 1.70. The number of hydrogen-bond donors (Lipinski definition) is 2. The number of hydrogen-bond acceptors (Lipinski definition) is 5. The van der Waals surface area contributed by atoms with E-state index in [9.17, 15) is 14.9 Å². The number of amides is 1. The van der Waals surface area contributed by atoms with Crippen molar-refractivity contribution in [3.05, 3.63) is 88.5 Å². The average molecular weight is 393 g/mol. The van der Waals surface area contributed by atoms with Crippen molar-refractivity contribution in [3.63, 3.8) is 0 Å². The Kier molecular flexibility index (Phi) is 6.29. The minimum absolute atomic E-state index is 0.0182. The topological polar surface area (TPSA) is 84.3 Å². The van der Waals surface area contributed by atoms with Crippen molar-refractivity contribution in [1.82, 2.24) is 0 Å². The van der Waals surface area contributed by atoms with Crippen molar-refractivity contribution in [3.8, 4) is 0 Å². The van der Waals surface area contributed by atoms with Gasteiger partial charge in [0.2, 0.25) is 5.91 Å². The highest BCUT2D eigenvalue weighted by atomic mass is 32.2. The minimum Gasteiger partial charge on any atom is -0.375 e. The molecule has 0 aliphatic rings. The van der Waals surface area contributed by atoms with E-state index >= 15 is 0 Å². The highest BCUT2D eigenvalue weighted by Crippen LogP contribution is 2.33. The van der Waals surface area contributed by atoms with Crippen LogP contribution in [0.5, 0.6) is 0 Å². The molecule has 0 bridgehead atoms. The predicted molar refractivity (Wildman–Crippen MR) is 112 cm³/mol. The number of para-hydroxylation sites is 1. The van der Waals surface area contributed by atoms with Crippen molar-refractivity contribution in [2.45, 2.75) is 16.7 Å². The Hall–Kier alpha value is -3.32. The maximum Gasteiger partial charge on any atom is 0.274 e. The quantitative estimate of drug-likeness (QED) is 0.431. The summed E-state index contributed by atoms with van der Waals surface area (Å²) in [5.74, 6) is -0.275. The Bertz CT molecular complexity index is 993. The molecule has 0 spiro atoms. The zero-order valence-electron chi connectivity index (χ0n) is 15.2. The van der Waals surface area contributed by atoms with E-state index < -0.39 is 4.92 Å². The molecule has 0 heterocycles. The van der Waals surface area contributed by atoms with Crippen molar-refractivity contribution >= 4 is 34.7 Å². The molecule has 3 aromatic carbocycles. The lowest BCUT2D eigenvalue weighted by Gasteiger charge is -2.13. The number of nitrogens with one attached hydrogen (secondary N) is 2. The lowest BCUT2D eigenvalue weighted by molar-refractivity contribution is -0.385. The summed E-state index contributed by atoms with van der Waals surface area (Å²) in [5, 5.41) is 16.9. The normalized spacial score (nSPS) is 10.3. The van der Waals surface area contributed by atoms with Gasteiger partial charge in [0.15, 0.2) is 0 Å². The first kappa shape index (κ1) is 19.4. The van der Waals surface area contributed by atoms with Gasteiger partial charge in [-0.25, -0.2) is 0 Å². The summed E-state index contributed by atoms with van der Waals surface area (Å²) in [7, 11) is 0. The molecule has 142 valence electrons. The lowest BCUT2D eigenvalue weighted by atomic mass is 10.1. The molecule has 0 saturated carbocycles. The number of carbonyl (C=O) groups excluding carboxylic acids is 1. The highest BCUT2D eigenvalue weighted by molar-refractivity contribution is 7.99. The van der Waals surface area contributed by atoms with Gasteiger partial charge in [-0.15, -0.1) is 0 Å². The maximum atomic E-state index is 12.3. The summed E-state index contributed by atoms with van der Waals surface area (Å²) < 4.78 is 0. The number of nitro groups is 1. The van der Waals surface area contributed by atoms with E-state index in [2.05, 4.69) is 10.6 Å². The second-order valence-corrected chi connectivity index (χ2v) is 7.14. The molecule has 0 radical (unpaired) electrons. The molecular formula is C21H19N3O3S. The molecule has 3 rings (SSSR count). The van der Waals surface area contributed by atoms with E-state index in [-0.39, 0.29) is 18.1 Å². The van der Waals surface area contributed by atoms with E-state index in [0.717, 1.165) is 15.5 Å². The fourth-order valence-corrected chi connectivity index (χ4v) is 3.59. The fourth-order valence-electron chi connectivity index (χ4n) is 2.64. The van der Waals surface area contributed by atoms with Crippen molar-refractivity contribution in [2.24, 2.45) is 0 Å². The molecule has 3 aromatic rings. The zero-order valence-corrected chi connectivity index (χ0v) is 16.0. The second-order valence-electron chi connectivity index (χ2n) is 6.02. The molecule has 0 aromatic heterocycles. The largest absolute Gasteiger partial charge is 0.375 e. The molecule has 1 amide bonds. The molecule has 28 heavy (non-hydrogen) atoms. The Morgan fingerprint density at radius 2 is 1.64 bits per heavy atom. The lowest BCUT2D eigenvalue weighted by Crippen LogP contribution is -2.22. The first-order valence-electron chi connectivity index (χ1n) is 8.64. The third kappa shape index (κ3) is 4.89. The van der Waals surface area contributed by atoms with Gasteiger partial charge in [0.25, 0.3) is 5.69 Å². The van der Waals surface area contributed by atoms with E-state index in [4.69, 9.17) is 0 Å². The van der Waals surface area contributed by atoms with Crippen LogP contribution in [-0.2, 0) is 4.79 Å². The zero-order chi connectivity index (χ0) is 19.9.